The summed E-state index contributed by atoms with van der Waals surface area (Å²) in [4.78, 5) is 0. The molecule has 0 radical (unpaired) electrons. The molecule has 30 heavy (non-hydrogen) atoms. The lowest BCUT2D eigenvalue weighted by molar-refractivity contribution is 0.126. The number of hydrogen-bond donors (Lipinski definition) is 4. The van der Waals surface area contributed by atoms with Crippen LogP contribution in [-0.4, -0.2) is 41.6 Å². The van der Waals surface area contributed by atoms with Crippen molar-refractivity contribution in [3.63, 3.8) is 0 Å². The van der Waals surface area contributed by atoms with Gasteiger partial charge in [0.05, 0.1) is 19.6 Å². The fourth-order valence-electron chi connectivity index (χ4n) is 2.66. The van der Waals surface area contributed by atoms with E-state index >= 15 is 0 Å². The fraction of sp³-hybridized carbons (Fsp3) is 0.520. The zero-order valence-electron chi connectivity index (χ0n) is 27.9. The molecule has 0 bridgehead atoms. The molecule has 0 heterocycles. The molecule has 5 nitrogen and oxygen atoms in total. The lowest BCUT2D eigenvalue weighted by Gasteiger charge is -2.14. The molecule has 0 fully saturated rings. The molecule has 1 atom stereocenters. The van der Waals surface area contributed by atoms with Crippen LogP contribution in [0.4, 0.5) is 0 Å². The summed E-state index contributed by atoms with van der Waals surface area (Å²) in [6.07, 6.45) is -8.90. The standard InChI is InChI=1S/C25H37NO4/c27-20-23-18-22(13-14-24(23)28)25(29)19-26-15-7-1-2-8-16-30-17-9-6-12-21-10-4-3-5-11-21/h3-5,10-11,13-14,18,25-29H,1-2,6-9,12,15-17,19-20H2/i3D,6D2,9D2,10D,11D,12D2,17D2. The highest BCUT2D eigenvalue weighted by molar-refractivity contribution is 5.36. The minimum atomic E-state index is -3.56. The largest absolute Gasteiger partial charge is 0.508 e. The topological polar surface area (TPSA) is 82.0 Å². The van der Waals surface area contributed by atoms with E-state index in [0.29, 0.717) is 43.4 Å². The third-order valence-corrected chi connectivity index (χ3v) is 4.32. The van der Waals surface area contributed by atoms with Crippen molar-refractivity contribution >= 4 is 0 Å². The molecular formula is C25H37NO4. The van der Waals surface area contributed by atoms with E-state index in [2.05, 4.69) is 5.32 Å². The van der Waals surface area contributed by atoms with E-state index < -0.39 is 49.4 Å². The minimum Gasteiger partial charge on any atom is -0.508 e. The molecule has 1 unspecified atom stereocenters. The van der Waals surface area contributed by atoms with Gasteiger partial charge in [0.15, 0.2) is 0 Å². The van der Waals surface area contributed by atoms with E-state index in [1.807, 2.05) is 0 Å². The first kappa shape index (κ1) is 12.8. The first-order chi connectivity index (χ1) is 18.9. The van der Waals surface area contributed by atoms with Gasteiger partial charge in [-0.3, -0.25) is 0 Å². The van der Waals surface area contributed by atoms with Gasteiger partial charge in [0, 0.05) is 33.5 Å². The van der Waals surface area contributed by atoms with E-state index in [9.17, 15) is 15.3 Å². The summed E-state index contributed by atoms with van der Waals surface area (Å²) < 4.78 is 94.0. The number of phenols is 1. The van der Waals surface area contributed by atoms with Crippen molar-refractivity contribution in [2.24, 2.45) is 0 Å². The number of hydrogen-bond acceptors (Lipinski definition) is 5. The van der Waals surface area contributed by atoms with Crippen LogP contribution in [-0.2, 0) is 17.7 Å². The van der Waals surface area contributed by atoms with Gasteiger partial charge in [-0.15, -0.1) is 0 Å². The van der Waals surface area contributed by atoms with Gasteiger partial charge < -0.3 is 25.4 Å². The molecule has 2 aromatic carbocycles. The van der Waals surface area contributed by atoms with Gasteiger partial charge in [0.25, 0.3) is 0 Å². The fourth-order valence-corrected chi connectivity index (χ4v) is 2.66. The van der Waals surface area contributed by atoms with Crippen LogP contribution in [0.1, 0.15) is 76.3 Å². The summed E-state index contributed by atoms with van der Waals surface area (Å²) in [6, 6.07) is 4.73. The quantitative estimate of drug-likeness (QED) is 0.304. The Morgan fingerprint density at radius 2 is 1.90 bits per heavy atom. The average molecular weight is 427 g/mol. The van der Waals surface area contributed by atoms with E-state index in [1.54, 1.807) is 6.07 Å². The first-order valence-corrected chi connectivity index (χ1v) is 9.94. The monoisotopic (exact) mass is 426 g/mol. The molecule has 4 N–H and O–H groups in total. The Hall–Kier alpha value is -1.92. The molecule has 0 saturated heterocycles. The molecule has 0 aromatic heterocycles. The third-order valence-electron chi connectivity index (χ3n) is 4.32. The van der Waals surface area contributed by atoms with Crippen LogP contribution >= 0.6 is 0 Å². The summed E-state index contributed by atoms with van der Waals surface area (Å²) in [6.45, 7) is -3.03. The van der Waals surface area contributed by atoms with Gasteiger partial charge in [-0.05, 0) is 61.8 Å². The maximum atomic E-state index is 10.3. The molecule has 0 amide bonds. The van der Waals surface area contributed by atoms with E-state index in [-0.39, 0.29) is 31.6 Å². The predicted octanol–water partition coefficient (Wildman–Crippen LogP) is 4.11. The number of ether oxygens (including phenoxy) is 1. The summed E-state index contributed by atoms with van der Waals surface area (Å²) in [5, 5.41) is 32.2. The number of unbranched alkanes of at least 4 members (excludes halogenated alkanes) is 3. The molecular weight excluding hydrogens is 378 g/mol. The first-order valence-electron chi connectivity index (χ1n) is 15.4. The highest BCUT2D eigenvalue weighted by Crippen LogP contribution is 2.22. The van der Waals surface area contributed by atoms with Crippen molar-refractivity contribution in [2.45, 2.75) is 57.5 Å². The molecule has 0 aliphatic carbocycles. The maximum Gasteiger partial charge on any atom is 0.121 e. The van der Waals surface area contributed by atoms with Crippen molar-refractivity contribution < 1.29 is 35.1 Å². The second-order valence-corrected chi connectivity index (χ2v) is 6.62. The van der Waals surface area contributed by atoms with Crippen molar-refractivity contribution in [3.05, 3.63) is 65.1 Å². The van der Waals surface area contributed by atoms with Crippen molar-refractivity contribution in [1.29, 1.82) is 0 Å². The van der Waals surface area contributed by atoms with Crippen LogP contribution in [0.3, 0.4) is 0 Å². The van der Waals surface area contributed by atoms with Crippen molar-refractivity contribution in [3.8, 4) is 5.75 Å². The molecule has 5 heteroatoms. The van der Waals surface area contributed by atoms with Gasteiger partial charge in [0.2, 0.25) is 0 Å². The summed E-state index contributed by atoms with van der Waals surface area (Å²) in [7, 11) is 0. The normalized spacial score (nSPS) is 19.5. The number of nitrogens with one attached hydrogen (secondary N) is 1. The van der Waals surface area contributed by atoms with Gasteiger partial charge >= 0.3 is 0 Å². The minimum absolute atomic E-state index is 0.0502. The second-order valence-electron chi connectivity index (χ2n) is 6.62. The van der Waals surface area contributed by atoms with E-state index in [0.717, 1.165) is 12.1 Å². The van der Waals surface area contributed by atoms with Crippen molar-refractivity contribution in [1.82, 2.24) is 5.32 Å². The maximum absolute atomic E-state index is 10.3. The summed E-state index contributed by atoms with van der Waals surface area (Å²) >= 11 is 0. The Balaban J connectivity index is 1.83. The lowest BCUT2D eigenvalue weighted by atomic mass is 10.1. The molecule has 2 rings (SSSR count). The smallest absolute Gasteiger partial charge is 0.121 e. The van der Waals surface area contributed by atoms with Gasteiger partial charge in [-0.2, -0.15) is 0 Å². The van der Waals surface area contributed by atoms with Crippen LogP contribution < -0.4 is 5.32 Å². The molecule has 166 valence electrons. The average Bonchev–Trinajstić information content (AvgIpc) is 2.86. The number of aliphatic hydroxyl groups excluding tert-OH is 2. The number of aliphatic hydroxyl groups is 2. The Morgan fingerprint density at radius 1 is 1.10 bits per heavy atom. The molecule has 0 spiro atoms. The van der Waals surface area contributed by atoms with Crippen LogP contribution in [0.5, 0.6) is 5.75 Å². The SMILES string of the molecule is [2H]c1cc([2H])c(C([2H])([2H])C([2H])([2H])C([2H])([2H])C([2H])([2H])OCCCCCCNCC(O)c2ccc(O)c(CO)c2)c([2H])c1. The highest BCUT2D eigenvalue weighted by atomic mass is 16.5. The molecule has 0 aliphatic rings. The van der Waals surface area contributed by atoms with Crippen LogP contribution in [0.15, 0.2) is 48.5 Å². The zero-order valence-corrected chi connectivity index (χ0v) is 16.9. The molecule has 0 aliphatic heterocycles. The third kappa shape index (κ3) is 9.72. The molecule has 2 aromatic rings. The van der Waals surface area contributed by atoms with Gasteiger partial charge in [-0.25, -0.2) is 0 Å². The van der Waals surface area contributed by atoms with E-state index in [4.69, 9.17) is 19.8 Å². The second kappa shape index (κ2) is 15.0. The van der Waals surface area contributed by atoms with Gasteiger partial charge in [-0.1, -0.05) is 49.2 Å². The Bertz CT molecular complexity index is 1140. The van der Waals surface area contributed by atoms with Gasteiger partial charge in [0.1, 0.15) is 5.75 Å². The lowest BCUT2D eigenvalue weighted by Crippen LogP contribution is -2.22. The zero-order chi connectivity index (χ0) is 31.2. The Labute approximate surface area is 196 Å². The van der Waals surface area contributed by atoms with Crippen LogP contribution in [0, 0.1) is 0 Å². The van der Waals surface area contributed by atoms with Crippen molar-refractivity contribution in [2.75, 3.05) is 26.3 Å². The highest BCUT2D eigenvalue weighted by Gasteiger charge is 2.09. The Kier molecular flexibility index (Phi) is 6.40. The number of rotatable bonds is 16. The van der Waals surface area contributed by atoms with E-state index in [1.165, 1.54) is 12.1 Å². The molecule has 0 saturated carbocycles. The summed E-state index contributed by atoms with van der Waals surface area (Å²) in [5.41, 5.74) is 0.0889. The van der Waals surface area contributed by atoms with Crippen LogP contribution in [0.2, 0.25) is 0 Å². The number of benzene rings is 2. The summed E-state index contributed by atoms with van der Waals surface area (Å²) in [5.74, 6) is -0.0502. The van der Waals surface area contributed by atoms with Crippen LogP contribution in [0.25, 0.3) is 0 Å². The number of aromatic hydroxyl groups is 1. The Morgan fingerprint density at radius 3 is 2.70 bits per heavy atom. The predicted molar refractivity (Wildman–Crippen MR) is 121 cm³/mol.